The van der Waals surface area contributed by atoms with Crippen molar-refractivity contribution in [1.29, 1.82) is 0 Å². The van der Waals surface area contributed by atoms with E-state index >= 15 is 0 Å². The molecule has 0 unspecified atom stereocenters. The second-order valence-corrected chi connectivity index (χ2v) is 8.14. The lowest BCUT2D eigenvalue weighted by molar-refractivity contribution is 0.536. The van der Waals surface area contributed by atoms with Gasteiger partial charge < -0.3 is 3.79 Å². The Morgan fingerprint density at radius 1 is 1.07 bits per heavy atom. The van der Waals surface area contributed by atoms with Crippen LogP contribution in [0.25, 0.3) is 0 Å². The zero-order chi connectivity index (χ0) is 10.6. The van der Waals surface area contributed by atoms with Gasteiger partial charge in [0, 0.05) is 0 Å². The van der Waals surface area contributed by atoms with Crippen LogP contribution in [-0.4, -0.2) is 14.5 Å². The minimum Gasteiger partial charge on any atom is -0.642 e. The highest BCUT2D eigenvalue weighted by Crippen LogP contribution is 2.23. The van der Waals surface area contributed by atoms with Crippen molar-refractivity contribution in [3.8, 4) is 5.75 Å². The maximum Gasteiger partial charge on any atom is 0.552 e. The molecule has 0 spiro atoms. The number of rotatable bonds is 4. The Balaban J connectivity index is 2.65. The normalized spacial score (nSPS) is 10.7. The van der Waals surface area contributed by atoms with Crippen LogP contribution in [0, 0.1) is 6.07 Å². The molecular weight excluding hydrogens is 187 g/mol. The summed E-state index contributed by atoms with van der Waals surface area (Å²) in [5.41, 5.74) is 0. The lowest BCUT2D eigenvalue weighted by atomic mass is 10.3. The minimum absolute atomic E-state index is 0.680. The second kappa shape index (κ2) is 5.44. The Labute approximate surface area is 91.8 Å². The van der Waals surface area contributed by atoms with Gasteiger partial charge in [-0.2, -0.15) is 0 Å². The Kier molecular flexibility index (Phi) is 4.52. The van der Waals surface area contributed by atoms with Gasteiger partial charge in [0.25, 0.3) is 0 Å². The van der Waals surface area contributed by atoms with Crippen molar-refractivity contribution in [3.63, 3.8) is 0 Å². The first kappa shape index (κ1) is 11.6. The highest BCUT2D eigenvalue weighted by atomic mass is 27.2. The Hall–Kier alpha value is -0.448. The van der Waals surface area contributed by atoms with Gasteiger partial charge in [0.05, 0.1) is 5.75 Å². The first-order valence-corrected chi connectivity index (χ1v) is 7.04. The Morgan fingerprint density at radius 3 is 2.00 bits per heavy atom. The fourth-order valence-electron chi connectivity index (χ4n) is 1.65. The van der Waals surface area contributed by atoms with Gasteiger partial charge in [-0.25, -0.2) is 0 Å². The highest BCUT2D eigenvalue weighted by Gasteiger charge is 2.31. The smallest absolute Gasteiger partial charge is 0.552 e. The fourth-order valence-corrected chi connectivity index (χ4v) is 4.20. The van der Waals surface area contributed by atoms with E-state index < -0.39 is 14.5 Å². The highest BCUT2D eigenvalue weighted by molar-refractivity contribution is 6.55. The van der Waals surface area contributed by atoms with E-state index in [0.29, 0.717) is 9.56 Å². The average molecular weight is 205 g/mol. The molecule has 1 nitrogen and oxygen atoms in total. The molecule has 0 atom stereocenters. The molecule has 0 bridgehead atoms. The SMILES string of the molecule is C[CH](C)[Al]([O]c1cc[c]cc1)[CH](C)C. The molecule has 0 aliphatic carbocycles. The molecular formula is C12H18AlO. The van der Waals surface area contributed by atoms with Gasteiger partial charge in [-0.3, -0.25) is 0 Å². The van der Waals surface area contributed by atoms with Crippen molar-refractivity contribution in [1.82, 2.24) is 0 Å². The molecule has 1 rings (SSSR count). The molecule has 0 aliphatic rings. The van der Waals surface area contributed by atoms with Crippen LogP contribution in [0.5, 0.6) is 5.75 Å². The molecule has 0 aromatic heterocycles. The number of hydrogen-bond acceptors (Lipinski definition) is 1. The predicted molar refractivity (Wildman–Crippen MR) is 61.9 cm³/mol. The summed E-state index contributed by atoms with van der Waals surface area (Å²) in [5.74, 6) is 1.00. The van der Waals surface area contributed by atoms with Crippen LogP contribution >= 0.6 is 0 Å². The molecule has 0 fully saturated rings. The number of hydrogen-bond donors (Lipinski definition) is 0. The van der Waals surface area contributed by atoms with Gasteiger partial charge >= 0.3 is 14.5 Å². The molecule has 0 saturated heterocycles. The molecule has 14 heavy (non-hydrogen) atoms. The summed E-state index contributed by atoms with van der Waals surface area (Å²) in [6.07, 6.45) is 0. The number of benzene rings is 1. The van der Waals surface area contributed by atoms with Crippen LogP contribution in [0.1, 0.15) is 27.7 Å². The first-order valence-electron chi connectivity index (χ1n) is 5.24. The third-order valence-electron chi connectivity index (χ3n) is 2.27. The molecule has 1 radical (unpaired) electrons. The molecule has 0 amide bonds. The molecule has 0 heterocycles. The van der Waals surface area contributed by atoms with Crippen molar-refractivity contribution in [2.75, 3.05) is 0 Å². The van der Waals surface area contributed by atoms with E-state index in [1.165, 1.54) is 0 Å². The van der Waals surface area contributed by atoms with E-state index in [4.69, 9.17) is 3.79 Å². The summed E-state index contributed by atoms with van der Waals surface area (Å²) in [4.78, 5) is 0. The molecule has 1 aromatic rings. The quantitative estimate of drug-likeness (QED) is 0.681. The van der Waals surface area contributed by atoms with Crippen molar-refractivity contribution >= 4 is 14.5 Å². The maximum absolute atomic E-state index is 6.06. The molecule has 0 N–H and O–H groups in total. The standard InChI is InChI=1S/C6H5O.2C3H7.Al/c7-6-4-2-1-3-5-6;2*1-3-2;/h2-5,7H;2*3H,1-2H3;/q;;;+1/p-1. The van der Waals surface area contributed by atoms with Crippen LogP contribution in [0.4, 0.5) is 0 Å². The zero-order valence-electron chi connectivity index (χ0n) is 9.45. The molecule has 0 saturated carbocycles. The van der Waals surface area contributed by atoms with E-state index in [1.807, 2.05) is 24.3 Å². The molecule has 0 aliphatic heterocycles. The van der Waals surface area contributed by atoms with E-state index in [2.05, 4.69) is 33.8 Å². The Morgan fingerprint density at radius 2 is 1.57 bits per heavy atom. The summed E-state index contributed by atoms with van der Waals surface area (Å²) in [6.45, 7) is 9.02. The third-order valence-corrected chi connectivity index (χ3v) is 5.45. The van der Waals surface area contributed by atoms with Crippen LogP contribution in [0.2, 0.25) is 9.56 Å². The minimum atomic E-state index is -1.12. The van der Waals surface area contributed by atoms with Gasteiger partial charge in [0.2, 0.25) is 0 Å². The van der Waals surface area contributed by atoms with Gasteiger partial charge in [0.15, 0.2) is 0 Å². The predicted octanol–water partition coefficient (Wildman–Crippen LogP) is 3.68. The van der Waals surface area contributed by atoms with E-state index in [9.17, 15) is 0 Å². The van der Waals surface area contributed by atoms with Crippen molar-refractivity contribution in [2.24, 2.45) is 0 Å². The van der Waals surface area contributed by atoms with Crippen molar-refractivity contribution < 1.29 is 3.79 Å². The summed E-state index contributed by atoms with van der Waals surface area (Å²) < 4.78 is 7.42. The third kappa shape index (κ3) is 3.36. The fraction of sp³-hybridized carbons (Fsp3) is 0.500. The van der Waals surface area contributed by atoms with Crippen LogP contribution in [0.15, 0.2) is 24.3 Å². The van der Waals surface area contributed by atoms with E-state index in [1.54, 1.807) is 0 Å². The van der Waals surface area contributed by atoms with Crippen molar-refractivity contribution in [2.45, 2.75) is 37.3 Å². The van der Waals surface area contributed by atoms with E-state index in [-0.39, 0.29) is 0 Å². The first-order chi connectivity index (χ1) is 6.61. The topological polar surface area (TPSA) is 9.23 Å². The summed E-state index contributed by atoms with van der Waals surface area (Å²) in [6, 6.07) is 10.8. The monoisotopic (exact) mass is 205 g/mol. The maximum atomic E-state index is 6.06. The van der Waals surface area contributed by atoms with Crippen LogP contribution in [0.3, 0.4) is 0 Å². The summed E-state index contributed by atoms with van der Waals surface area (Å²) in [7, 11) is 0. The largest absolute Gasteiger partial charge is 0.642 e. The van der Waals surface area contributed by atoms with Crippen molar-refractivity contribution in [3.05, 3.63) is 30.3 Å². The zero-order valence-corrected chi connectivity index (χ0v) is 10.6. The van der Waals surface area contributed by atoms with E-state index in [0.717, 1.165) is 5.75 Å². The van der Waals surface area contributed by atoms with Gasteiger partial charge in [-0.15, -0.1) is 0 Å². The Bertz CT molecular complexity index is 248. The summed E-state index contributed by atoms with van der Waals surface area (Å²) >= 11 is -1.12. The van der Waals surface area contributed by atoms with Gasteiger partial charge in [0.1, 0.15) is 0 Å². The van der Waals surface area contributed by atoms with Crippen LogP contribution in [-0.2, 0) is 0 Å². The van der Waals surface area contributed by atoms with Crippen LogP contribution < -0.4 is 3.79 Å². The molecule has 75 valence electrons. The lowest BCUT2D eigenvalue weighted by Crippen LogP contribution is -2.28. The van der Waals surface area contributed by atoms with Gasteiger partial charge in [-0.1, -0.05) is 39.8 Å². The lowest BCUT2D eigenvalue weighted by Gasteiger charge is -2.20. The van der Waals surface area contributed by atoms with Gasteiger partial charge in [-0.05, 0) is 27.8 Å². The molecule has 1 aromatic carbocycles. The average Bonchev–Trinajstić information content (AvgIpc) is 2.15. The molecule has 2 heteroatoms. The summed E-state index contributed by atoms with van der Waals surface area (Å²) in [5, 5.41) is 0. The second-order valence-electron chi connectivity index (χ2n) is 4.31.